The van der Waals surface area contributed by atoms with Crippen LogP contribution in [0.4, 0.5) is 24.8 Å². The largest absolute Gasteiger partial charge is 0.426 e. The smallest absolute Gasteiger partial charge is 0.373 e. The number of sulfone groups is 1. The molecule has 0 radical (unpaired) electrons. The first-order chi connectivity index (χ1) is 16.2. The molecule has 1 heterocycles. The van der Waals surface area contributed by atoms with Gasteiger partial charge in [-0.1, -0.05) is 11.6 Å². The number of aliphatic hydroxyl groups is 1. The summed E-state index contributed by atoms with van der Waals surface area (Å²) in [7, 11) is -4.14. The van der Waals surface area contributed by atoms with Crippen LogP contribution in [-0.2, 0) is 14.6 Å². The van der Waals surface area contributed by atoms with Gasteiger partial charge in [-0.15, -0.1) is 0 Å². The fraction of sp³-hybridized carbons (Fsp3) is 0.143. The van der Waals surface area contributed by atoms with E-state index in [4.69, 9.17) is 11.6 Å². The molecule has 1 aromatic heterocycles. The minimum atomic E-state index is -5.25. The van der Waals surface area contributed by atoms with Crippen molar-refractivity contribution in [3.05, 3.63) is 71.5 Å². The quantitative estimate of drug-likeness (QED) is 0.445. The summed E-state index contributed by atoms with van der Waals surface area (Å²) in [5, 5.41) is 13.3. The van der Waals surface area contributed by atoms with Crippen molar-refractivity contribution in [2.75, 3.05) is 10.6 Å². The first-order valence-electron chi connectivity index (χ1n) is 9.57. The van der Waals surface area contributed by atoms with Gasteiger partial charge in [0, 0.05) is 18.0 Å². The second-order valence-corrected chi connectivity index (χ2v) is 9.58. The normalized spacial score (nSPS) is 13.5. The molecule has 3 N–H and O–H groups in total. The topological polar surface area (TPSA) is 138 Å². The second-order valence-electron chi connectivity index (χ2n) is 7.22. The van der Waals surface area contributed by atoms with E-state index in [1.54, 1.807) is 6.07 Å². The molecule has 0 fully saturated rings. The minimum absolute atomic E-state index is 0.0627. The number of nitrogens with zero attached hydrogens (tertiary/aromatic N) is 2. The number of aromatic nitrogens is 2. The van der Waals surface area contributed by atoms with Crippen LogP contribution in [0.3, 0.4) is 0 Å². The van der Waals surface area contributed by atoms with Gasteiger partial charge in [-0.2, -0.15) is 13.2 Å². The van der Waals surface area contributed by atoms with Gasteiger partial charge in [-0.3, -0.25) is 14.9 Å². The Morgan fingerprint density at radius 1 is 0.971 bits per heavy atom. The molecule has 0 saturated carbocycles. The fourth-order valence-corrected chi connectivity index (χ4v) is 4.18. The third kappa shape index (κ3) is 5.58. The van der Waals surface area contributed by atoms with E-state index in [0.717, 1.165) is 18.2 Å². The molecular formula is C21H16ClF3N4O5S. The minimum Gasteiger partial charge on any atom is -0.373 e. The Hall–Kier alpha value is -3.55. The number of anilines is 2. The molecule has 14 heteroatoms. The van der Waals surface area contributed by atoms with E-state index in [2.05, 4.69) is 15.3 Å². The third-order valence-corrected chi connectivity index (χ3v) is 6.79. The maximum absolute atomic E-state index is 12.9. The maximum Gasteiger partial charge on any atom is 0.426 e. The van der Waals surface area contributed by atoms with E-state index >= 15 is 0 Å². The summed E-state index contributed by atoms with van der Waals surface area (Å²) in [6.45, 7) is 0.270. The molecule has 0 aliphatic rings. The van der Waals surface area contributed by atoms with Gasteiger partial charge in [0.05, 0.1) is 20.5 Å². The standard InChI is InChI=1S/C21H16ClF3N4O5S/c1-20(32,21(23,24)25)18(31)28-16-8-7-14(11-15(16)22)35(33,34)13-5-3-12(4-6-13)17(30)29-19-26-9-2-10-27-19/h2-11,32H,1H3,(H,28,31)(H,26,27,29,30). The summed E-state index contributed by atoms with van der Waals surface area (Å²) in [5.41, 5.74) is -3.90. The lowest BCUT2D eigenvalue weighted by Crippen LogP contribution is -2.52. The van der Waals surface area contributed by atoms with Crippen LogP contribution in [0, 0.1) is 0 Å². The van der Waals surface area contributed by atoms with Crippen molar-refractivity contribution in [3.8, 4) is 0 Å². The van der Waals surface area contributed by atoms with E-state index in [-0.39, 0.29) is 38.9 Å². The third-order valence-electron chi connectivity index (χ3n) is 4.71. The molecule has 9 nitrogen and oxygen atoms in total. The number of carbonyl (C=O) groups is 2. The van der Waals surface area contributed by atoms with Gasteiger partial charge in [0.2, 0.25) is 21.4 Å². The predicted octanol–water partition coefficient (Wildman–Crippen LogP) is 3.47. The summed E-state index contributed by atoms with van der Waals surface area (Å²) in [6.07, 6.45) is -2.39. The van der Waals surface area contributed by atoms with Crippen LogP contribution in [0.2, 0.25) is 5.02 Å². The number of benzene rings is 2. The van der Waals surface area contributed by atoms with E-state index in [0.29, 0.717) is 0 Å². The Labute approximate surface area is 201 Å². The van der Waals surface area contributed by atoms with E-state index < -0.39 is 33.4 Å². The molecule has 3 aromatic rings. The lowest BCUT2D eigenvalue weighted by atomic mass is 10.1. The Kier molecular flexibility index (Phi) is 7.15. The average molecular weight is 529 g/mol. The highest BCUT2D eigenvalue weighted by Gasteiger charge is 2.55. The Balaban J connectivity index is 1.79. The second kappa shape index (κ2) is 9.60. The zero-order chi connectivity index (χ0) is 26.0. The number of nitrogens with one attached hydrogen (secondary N) is 2. The number of hydrogen-bond donors (Lipinski definition) is 3. The van der Waals surface area contributed by atoms with E-state index in [9.17, 15) is 36.3 Å². The molecule has 0 aliphatic carbocycles. The van der Waals surface area contributed by atoms with Crippen molar-refractivity contribution in [1.82, 2.24) is 9.97 Å². The molecule has 184 valence electrons. The number of alkyl halides is 3. The van der Waals surface area contributed by atoms with Crippen LogP contribution in [0.1, 0.15) is 17.3 Å². The lowest BCUT2D eigenvalue weighted by molar-refractivity contribution is -0.242. The molecule has 2 aromatic carbocycles. The summed E-state index contributed by atoms with van der Waals surface area (Å²) in [4.78, 5) is 31.3. The van der Waals surface area contributed by atoms with Crippen molar-refractivity contribution in [1.29, 1.82) is 0 Å². The van der Waals surface area contributed by atoms with Gasteiger partial charge >= 0.3 is 6.18 Å². The van der Waals surface area contributed by atoms with E-state index in [1.807, 2.05) is 5.32 Å². The number of rotatable bonds is 6. The van der Waals surface area contributed by atoms with Gasteiger partial charge in [0.25, 0.3) is 11.8 Å². The zero-order valence-corrected chi connectivity index (χ0v) is 19.2. The van der Waals surface area contributed by atoms with Crippen LogP contribution < -0.4 is 10.6 Å². The monoisotopic (exact) mass is 528 g/mol. The first-order valence-corrected chi connectivity index (χ1v) is 11.4. The SMILES string of the molecule is CC(O)(C(=O)Nc1ccc(S(=O)(=O)c2ccc(C(=O)Nc3ncccn3)cc2)cc1Cl)C(F)(F)F. The van der Waals surface area contributed by atoms with Gasteiger partial charge in [-0.25, -0.2) is 18.4 Å². The van der Waals surface area contributed by atoms with Crippen molar-refractivity contribution in [2.24, 2.45) is 0 Å². The predicted molar refractivity (Wildman–Crippen MR) is 119 cm³/mol. The first kappa shape index (κ1) is 26.1. The van der Waals surface area contributed by atoms with Crippen LogP contribution >= 0.6 is 11.6 Å². The number of amides is 2. The number of halogens is 4. The van der Waals surface area contributed by atoms with Gasteiger partial charge in [0.1, 0.15) is 0 Å². The van der Waals surface area contributed by atoms with Crippen molar-refractivity contribution < 1.29 is 36.3 Å². The van der Waals surface area contributed by atoms with Gasteiger partial charge in [0.15, 0.2) is 0 Å². The summed E-state index contributed by atoms with van der Waals surface area (Å²) >= 11 is 5.97. The number of carbonyl (C=O) groups excluding carboxylic acids is 2. The van der Waals surface area contributed by atoms with Crippen LogP contribution in [0.15, 0.2) is 70.7 Å². The Morgan fingerprint density at radius 3 is 2.09 bits per heavy atom. The summed E-state index contributed by atoms with van der Waals surface area (Å²) < 4.78 is 64.3. The van der Waals surface area contributed by atoms with E-state index in [1.165, 1.54) is 36.7 Å². The van der Waals surface area contributed by atoms with Crippen LogP contribution in [0.5, 0.6) is 0 Å². The Bertz CT molecular complexity index is 1370. The van der Waals surface area contributed by atoms with Gasteiger partial charge in [-0.05, 0) is 55.5 Å². The Morgan fingerprint density at radius 2 is 1.54 bits per heavy atom. The molecule has 0 spiro atoms. The van der Waals surface area contributed by atoms with Gasteiger partial charge < -0.3 is 10.4 Å². The highest BCUT2D eigenvalue weighted by atomic mass is 35.5. The van der Waals surface area contributed by atoms with Crippen LogP contribution in [0.25, 0.3) is 0 Å². The molecule has 0 aliphatic heterocycles. The highest BCUT2D eigenvalue weighted by molar-refractivity contribution is 7.91. The fourth-order valence-electron chi connectivity index (χ4n) is 2.60. The molecule has 1 unspecified atom stereocenters. The molecule has 1 atom stereocenters. The zero-order valence-electron chi connectivity index (χ0n) is 17.7. The van der Waals surface area contributed by atoms with Crippen molar-refractivity contribution in [2.45, 2.75) is 28.5 Å². The van der Waals surface area contributed by atoms with Crippen LogP contribution in [-0.4, -0.2) is 47.1 Å². The molecule has 0 bridgehead atoms. The lowest BCUT2D eigenvalue weighted by Gasteiger charge is -2.25. The molecule has 2 amide bonds. The molecule has 3 rings (SSSR count). The highest BCUT2D eigenvalue weighted by Crippen LogP contribution is 2.33. The molecular weight excluding hydrogens is 513 g/mol. The molecule has 0 saturated heterocycles. The average Bonchev–Trinajstić information content (AvgIpc) is 2.80. The molecule has 35 heavy (non-hydrogen) atoms. The number of hydrogen-bond acceptors (Lipinski definition) is 7. The summed E-state index contributed by atoms with van der Waals surface area (Å²) in [6, 6.07) is 9.39. The van der Waals surface area contributed by atoms with Crippen molar-refractivity contribution >= 4 is 44.9 Å². The maximum atomic E-state index is 12.9. The van der Waals surface area contributed by atoms with Crippen molar-refractivity contribution in [3.63, 3.8) is 0 Å². The summed E-state index contributed by atoms with van der Waals surface area (Å²) in [5.74, 6) is -2.30.